The fraction of sp³-hybridized carbons (Fsp3) is 0.438. The van der Waals surface area contributed by atoms with Crippen molar-refractivity contribution < 1.29 is 9.47 Å². The monoisotopic (exact) mass is 272 g/mol. The molecule has 20 heavy (non-hydrogen) atoms. The largest absolute Gasteiger partial charge is 0.469 e. The molecule has 106 valence electrons. The molecular weight excluding hydrogens is 252 g/mol. The Balaban J connectivity index is 1.87. The summed E-state index contributed by atoms with van der Waals surface area (Å²) in [5, 5.41) is 4.63. The van der Waals surface area contributed by atoms with Gasteiger partial charge in [-0.3, -0.25) is 0 Å². The fourth-order valence-electron chi connectivity index (χ4n) is 2.28. The molecule has 4 heteroatoms. The van der Waals surface area contributed by atoms with Crippen LogP contribution < -0.4 is 10.1 Å². The van der Waals surface area contributed by atoms with Crippen LogP contribution in [-0.2, 0) is 11.3 Å². The zero-order valence-electron chi connectivity index (χ0n) is 11.8. The number of nitrogens with one attached hydrogen (secondary N) is 1. The Morgan fingerprint density at radius 3 is 2.95 bits per heavy atom. The molecule has 4 nitrogen and oxygen atoms in total. The quantitative estimate of drug-likeness (QED) is 0.821. The first kappa shape index (κ1) is 13.3. The molecule has 1 saturated heterocycles. The Morgan fingerprint density at radius 2 is 2.20 bits per heavy atom. The van der Waals surface area contributed by atoms with E-state index in [9.17, 15) is 0 Å². The molecular formula is C16H20N2O2. The lowest BCUT2D eigenvalue weighted by Crippen LogP contribution is -2.38. The van der Waals surface area contributed by atoms with Crippen LogP contribution in [0.25, 0.3) is 10.9 Å². The van der Waals surface area contributed by atoms with E-state index in [1.54, 1.807) is 0 Å². The highest BCUT2D eigenvalue weighted by Crippen LogP contribution is 2.23. The van der Waals surface area contributed by atoms with E-state index in [0.717, 1.165) is 25.0 Å². The van der Waals surface area contributed by atoms with Crippen LogP contribution in [0.5, 0.6) is 5.88 Å². The van der Waals surface area contributed by atoms with Crippen molar-refractivity contribution in [2.75, 3.05) is 19.8 Å². The third kappa shape index (κ3) is 2.92. The highest BCUT2D eigenvalue weighted by Gasteiger charge is 2.21. The van der Waals surface area contributed by atoms with Gasteiger partial charge in [0, 0.05) is 18.0 Å². The van der Waals surface area contributed by atoms with E-state index >= 15 is 0 Å². The number of ether oxygens (including phenoxy) is 2. The summed E-state index contributed by atoms with van der Waals surface area (Å²) in [6.07, 6.45) is 1.28. The number of fused-ring (bicyclic) bond motifs is 1. The minimum absolute atomic E-state index is 0.153. The van der Waals surface area contributed by atoms with Gasteiger partial charge in [-0.1, -0.05) is 25.1 Å². The minimum atomic E-state index is 0.153. The Morgan fingerprint density at radius 1 is 1.35 bits per heavy atom. The highest BCUT2D eigenvalue weighted by molar-refractivity contribution is 5.82. The molecule has 3 rings (SSSR count). The minimum Gasteiger partial charge on any atom is -0.469 e. The van der Waals surface area contributed by atoms with Crippen LogP contribution in [0.2, 0.25) is 0 Å². The molecule has 0 spiro atoms. The first-order valence-electron chi connectivity index (χ1n) is 7.20. The normalized spacial score (nSPS) is 15.2. The van der Waals surface area contributed by atoms with Gasteiger partial charge in [-0.05, 0) is 24.6 Å². The molecule has 0 saturated carbocycles. The number of pyridine rings is 1. The molecule has 0 atom stereocenters. The lowest BCUT2D eigenvalue weighted by molar-refractivity contribution is -0.0812. The van der Waals surface area contributed by atoms with Gasteiger partial charge in [0.05, 0.1) is 18.7 Å². The second-order valence-corrected chi connectivity index (χ2v) is 5.09. The van der Waals surface area contributed by atoms with Crippen LogP contribution in [0.4, 0.5) is 0 Å². The number of rotatable bonds is 6. The fourth-order valence-corrected chi connectivity index (χ4v) is 2.28. The van der Waals surface area contributed by atoms with Gasteiger partial charge in [-0.15, -0.1) is 0 Å². The standard InChI is InChI=1S/C16H20N2O2/c1-2-7-17-9-12-8-16(20-13-10-19-11-13)18-15-6-4-3-5-14(12)15/h3-6,8,13,17H,2,7,9-11H2,1H3. The van der Waals surface area contributed by atoms with Gasteiger partial charge in [-0.2, -0.15) is 0 Å². The first-order valence-corrected chi connectivity index (χ1v) is 7.20. The van der Waals surface area contributed by atoms with Gasteiger partial charge in [0.1, 0.15) is 6.10 Å². The maximum atomic E-state index is 5.84. The van der Waals surface area contributed by atoms with E-state index < -0.39 is 0 Å². The molecule has 1 aromatic carbocycles. The summed E-state index contributed by atoms with van der Waals surface area (Å²) in [4.78, 5) is 4.58. The van der Waals surface area contributed by atoms with Crippen LogP contribution in [0.3, 0.4) is 0 Å². The van der Waals surface area contributed by atoms with Crippen LogP contribution >= 0.6 is 0 Å². The van der Waals surface area contributed by atoms with Crippen molar-refractivity contribution in [1.82, 2.24) is 10.3 Å². The van der Waals surface area contributed by atoms with Crippen molar-refractivity contribution in [3.8, 4) is 5.88 Å². The molecule has 0 amide bonds. The summed E-state index contributed by atoms with van der Waals surface area (Å²) in [6, 6.07) is 10.2. The zero-order chi connectivity index (χ0) is 13.8. The average molecular weight is 272 g/mol. The SMILES string of the molecule is CCCNCc1cc(OC2COC2)nc2ccccc12. The smallest absolute Gasteiger partial charge is 0.214 e. The Labute approximate surface area is 119 Å². The van der Waals surface area contributed by atoms with Crippen molar-refractivity contribution in [1.29, 1.82) is 0 Å². The molecule has 2 heterocycles. The molecule has 0 unspecified atom stereocenters. The second-order valence-electron chi connectivity index (χ2n) is 5.09. The van der Waals surface area contributed by atoms with Crippen molar-refractivity contribution in [2.45, 2.75) is 26.0 Å². The topological polar surface area (TPSA) is 43.4 Å². The summed E-state index contributed by atoms with van der Waals surface area (Å²) >= 11 is 0. The Bertz CT molecular complexity index is 582. The first-order chi connectivity index (χ1) is 9.86. The molecule has 1 aliphatic rings. The highest BCUT2D eigenvalue weighted by atomic mass is 16.6. The van der Waals surface area contributed by atoms with Crippen molar-refractivity contribution >= 4 is 10.9 Å². The molecule has 1 N–H and O–H groups in total. The number of benzene rings is 1. The van der Waals surface area contributed by atoms with Crippen molar-refractivity contribution in [3.05, 3.63) is 35.9 Å². The second kappa shape index (κ2) is 6.20. The molecule has 1 aliphatic heterocycles. The Kier molecular flexibility index (Phi) is 4.14. The van der Waals surface area contributed by atoms with Crippen LogP contribution in [0.15, 0.2) is 30.3 Å². The maximum Gasteiger partial charge on any atom is 0.214 e. The summed E-state index contributed by atoms with van der Waals surface area (Å²) in [7, 11) is 0. The molecule has 1 fully saturated rings. The number of para-hydroxylation sites is 1. The van der Waals surface area contributed by atoms with Gasteiger partial charge in [0.15, 0.2) is 0 Å². The molecule has 2 aromatic rings. The van der Waals surface area contributed by atoms with E-state index in [4.69, 9.17) is 9.47 Å². The van der Waals surface area contributed by atoms with E-state index in [2.05, 4.69) is 23.3 Å². The van der Waals surface area contributed by atoms with Crippen LogP contribution in [0, 0.1) is 0 Å². The zero-order valence-corrected chi connectivity index (χ0v) is 11.8. The summed E-state index contributed by atoms with van der Waals surface area (Å²) in [6.45, 7) is 5.36. The lowest BCUT2D eigenvalue weighted by Gasteiger charge is -2.26. The number of aromatic nitrogens is 1. The molecule has 0 bridgehead atoms. The van der Waals surface area contributed by atoms with Gasteiger partial charge in [0.2, 0.25) is 5.88 Å². The summed E-state index contributed by atoms with van der Waals surface area (Å²) in [5.74, 6) is 0.699. The third-order valence-corrected chi connectivity index (χ3v) is 3.42. The van der Waals surface area contributed by atoms with Gasteiger partial charge in [-0.25, -0.2) is 4.98 Å². The predicted octanol–water partition coefficient (Wildman–Crippen LogP) is 2.51. The lowest BCUT2D eigenvalue weighted by atomic mass is 10.1. The number of nitrogens with zero attached hydrogens (tertiary/aromatic N) is 1. The van der Waals surface area contributed by atoms with Gasteiger partial charge in [0.25, 0.3) is 0 Å². The van der Waals surface area contributed by atoms with E-state index in [-0.39, 0.29) is 6.10 Å². The maximum absolute atomic E-state index is 5.84. The number of hydrogen-bond donors (Lipinski definition) is 1. The van der Waals surface area contributed by atoms with Crippen LogP contribution in [0.1, 0.15) is 18.9 Å². The van der Waals surface area contributed by atoms with Gasteiger partial charge >= 0.3 is 0 Å². The summed E-state index contributed by atoms with van der Waals surface area (Å²) in [5.41, 5.74) is 2.22. The molecule has 0 radical (unpaired) electrons. The van der Waals surface area contributed by atoms with Crippen molar-refractivity contribution in [2.24, 2.45) is 0 Å². The van der Waals surface area contributed by atoms with E-state index in [1.165, 1.54) is 10.9 Å². The average Bonchev–Trinajstić information content (AvgIpc) is 2.43. The van der Waals surface area contributed by atoms with E-state index in [1.807, 2.05) is 24.3 Å². The molecule has 1 aromatic heterocycles. The number of hydrogen-bond acceptors (Lipinski definition) is 4. The summed E-state index contributed by atoms with van der Waals surface area (Å²) < 4.78 is 11.0. The van der Waals surface area contributed by atoms with Crippen molar-refractivity contribution in [3.63, 3.8) is 0 Å². The third-order valence-electron chi connectivity index (χ3n) is 3.42. The predicted molar refractivity (Wildman–Crippen MR) is 79.0 cm³/mol. The van der Waals surface area contributed by atoms with E-state index in [0.29, 0.717) is 19.1 Å². The Hall–Kier alpha value is -1.65. The molecule has 0 aliphatic carbocycles. The van der Waals surface area contributed by atoms with Crippen LogP contribution in [-0.4, -0.2) is 30.8 Å². The van der Waals surface area contributed by atoms with Gasteiger partial charge < -0.3 is 14.8 Å².